The smallest absolute Gasteiger partial charge is 0.254 e. The van der Waals surface area contributed by atoms with Gasteiger partial charge in [-0.05, 0) is 32.0 Å². The van der Waals surface area contributed by atoms with Crippen LogP contribution >= 0.6 is 0 Å². The molecule has 1 unspecified atom stereocenters. The largest absolute Gasteiger partial charge is 0.506 e. The highest BCUT2D eigenvalue weighted by molar-refractivity contribution is 5.95. The van der Waals surface area contributed by atoms with Crippen molar-refractivity contribution in [3.8, 4) is 11.8 Å². The molecule has 1 amide bonds. The SMILES string of the molecule is CCN(CC(C)C#N)C(=O)c1ccc(N)c(O)c1. The van der Waals surface area contributed by atoms with Crippen molar-refractivity contribution in [3.63, 3.8) is 0 Å². The molecule has 18 heavy (non-hydrogen) atoms. The molecule has 0 radical (unpaired) electrons. The quantitative estimate of drug-likeness (QED) is 0.624. The van der Waals surface area contributed by atoms with Crippen molar-refractivity contribution < 1.29 is 9.90 Å². The molecule has 1 rings (SSSR count). The maximum Gasteiger partial charge on any atom is 0.254 e. The third-order valence-electron chi connectivity index (χ3n) is 2.66. The van der Waals surface area contributed by atoms with E-state index in [4.69, 9.17) is 11.0 Å². The standard InChI is InChI=1S/C13H17N3O2/c1-3-16(8-9(2)7-14)13(18)10-4-5-11(15)12(17)6-10/h4-6,9,17H,3,8,15H2,1-2H3. The van der Waals surface area contributed by atoms with E-state index in [-0.39, 0.29) is 23.3 Å². The normalized spacial score (nSPS) is 11.6. The molecule has 0 bridgehead atoms. The number of hydrogen-bond donors (Lipinski definition) is 2. The topological polar surface area (TPSA) is 90.4 Å². The van der Waals surface area contributed by atoms with Crippen molar-refractivity contribution >= 4 is 11.6 Å². The molecule has 0 aliphatic rings. The summed E-state index contributed by atoms with van der Waals surface area (Å²) < 4.78 is 0. The van der Waals surface area contributed by atoms with Gasteiger partial charge in [0.25, 0.3) is 5.91 Å². The highest BCUT2D eigenvalue weighted by atomic mass is 16.3. The Labute approximate surface area is 106 Å². The summed E-state index contributed by atoms with van der Waals surface area (Å²) in [6, 6.07) is 6.49. The Hall–Kier alpha value is -2.22. The van der Waals surface area contributed by atoms with Crippen LogP contribution in [0, 0.1) is 17.2 Å². The molecule has 3 N–H and O–H groups in total. The highest BCUT2D eigenvalue weighted by Crippen LogP contribution is 2.21. The predicted molar refractivity (Wildman–Crippen MR) is 68.9 cm³/mol. The Morgan fingerprint density at radius 3 is 2.78 bits per heavy atom. The first-order chi connectivity index (χ1) is 8.49. The second-order valence-electron chi connectivity index (χ2n) is 4.15. The van der Waals surface area contributed by atoms with Crippen molar-refractivity contribution in [3.05, 3.63) is 23.8 Å². The number of carbonyl (C=O) groups is 1. The summed E-state index contributed by atoms with van der Waals surface area (Å²) >= 11 is 0. The molecular formula is C13H17N3O2. The molecule has 96 valence electrons. The molecule has 1 atom stereocenters. The molecule has 0 saturated carbocycles. The van der Waals surface area contributed by atoms with Crippen molar-refractivity contribution in [2.24, 2.45) is 5.92 Å². The van der Waals surface area contributed by atoms with Crippen LogP contribution < -0.4 is 5.73 Å². The van der Waals surface area contributed by atoms with E-state index < -0.39 is 0 Å². The highest BCUT2D eigenvalue weighted by Gasteiger charge is 2.17. The van der Waals surface area contributed by atoms with Crippen LogP contribution in [-0.2, 0) is 0 Å². The zero-order chi connectivity index (χ0) is 13.7. The van der Waals surface area contributed by atoms with E-state index in [1.54, 1.807) is 17.9 Å². The van der Waals surface area contributed by atoms with E-state index in [0.717, 1.165) is 0 Å². The number of anilines is 1. The molecule has 0 aliphatic carbocycles. The number of hydrogen-bond acceptors (Lipinski definition) is 4. The van der Waals surface area contributed by atoms with Crippen molar-refractivity contribution in [1.29, 1.82) is 5.26 Å². The van der Waals surface area contributed by atoms with Gasteiger partial charge >= 0.3 is 0 Å². The van der Waals surface area contributed by atoms with Gasteiger partial charge in [0.1, 0.15) is 5.75 Å². The number of rotatable bonds is 4. The van der Waals surface area contributed by atoms with Crippen molar-refractivity contribution in [1.82, 2.24) is 4.90 Å². The van der Waals surface area contributed by atoms with E-state index >= 15 is 0 Å². The summed E-state index contributed by atoms with van der Waals surface area (Å²) in [5, 5.41) is 18.3. The van der Waals surface area contributed by atoms with E-state index in [2.05, 4.69) is 6.07 Å². The molecule has 0 spiro atoms. The molecule has 0 aliphatic heterocycles. The molecule has 0 fully saturated rings. The lowest BCUT2D eigenvalue weighted by molar-refractivity contribution is 0.0752. The third kappa shape index (κ3) is 3.14. The number of nitrogen functional groups attached to an aromatic ring is 1. The number of nitriles is 1. The van der Waals surface area contributed by atoms with E-state index in [0.29, 0.717) is 18.7 Å². The van der Waals surface area contributed by atoms with Gasteiger partial charge in [0.15, 0.2) is 0 Å². The molecule has 5 nitrogen and oxygen atoms in total. The van der Waals surface area contributed by atoms with Gasteiger partial charge in [0.2, 0.25) is 0 Å². The summed E-state index contributed by atoms with van der Waals surface area (Å²) in [6.07, 6.45) is 0. The summed E-state index contributed by atoms with van der Waals surface area (Å²) in [5.74, 6) is -0.545. The number of phenolic OH excluding ortho intramolecular Hbond substituents is 1. The van der Waals surface area contributed by atoms with Gasteiger partial charge < -0.3 is 15.7 Å². The number of phenols is 1. The number of benzene rings is 1. The lowest BCUT2D eigenvalue weighted by Crippen LogP contribution is -2.34. The van der Waals surface area contributed by atoms with Crippen molar-refractivity contribution in [2.75, 3.05) is 18.8 Å². The number of nitrogens with two attached hydrogens (primary N) is 1. The third-order valence-corrected chi connectivity index (χ3v) is 2.66. The Balaban J connectivity index is 2.90. The predicted octanol–water partition coefficient (Wildman–Crippen LogP) is 1.60. The monoisotopic (exact) mass is 247 g/mol. The lowest BCUT2D eigenvalue weighted by atomic mass is 10.1. The Morgan fingerprint density at radius 1 is 1.61 bits per heavy atom. The van der Waals surface area contributed by atoms with E-state index in [1.807, 2.05) is 6.92 Å². The molecule has 5 heteroatoms. The Bertz CT molecular complexity index is 480. The van der Waals surface area contributed by atoms with Crippen LogP contribution in [0.5, 0.6) is 5.75 Å². The van der Waals surface area contributed by atoms with Gasteiger partial charge in [-0.15, -0.1) is 0 Å². The van der Waals surface area contributed by atoms with Gasteiger partial charge in [-0.2, -0.15) is 5.26 Å². The minimum Gasteiger partial charge on any atom is -0.506 e. The van der Waals surface area contributed by atoms with E-state index in [1.165, 1.54) is 12.1 Å². The maximum absolute atomic E-state index is 12.2. The average molecular weight is 247 g/mol. The fourth-order valence-corrected chi connectivity index (χ4v) is 1.59. The van der Waals surface area contributed by atoms with Gasteiger partial charge in [0.05, 0.1) is 17.7 Å². The molecular weight excluding hydrogens is 230 g/mol. The summed E-state index contributed by atoms with van der Waals surface area (Å²) in [5.41, 5.74) is 6.09. The zero-order valence-electron chi connectivity index (χ0n) is 10.6. The second-order valence-corrected chi connectivity index (χ2v) is 4.15. The number of carbonyl (C=O) groups excluding carboxylic acids is 1. The maximum atomic E-state index is 12.2. The zero-order valence-corrected chi connectivity index (χ0v) is 10.6. The van der Waals surface area contributed by atoms with Crippen LogP contribution in [0.2, 0.25) is 0 Å². The summed E-state index contributed by atoms with van der Waals surface area (Å²) in [4.78, 5) is 13.7. The van der Waals surface area contributed by atoms with Gasteiger partial charge in [-0.1, -0.05) is 0 Å². The number of aromatic hydroxyl groups is 1. The van der Waals surface area contributed by atoms with E-state index in [9.17, 15) is 9.90 Å². The first kappa shape index (κ1) is 13.8. The Morgan fingerprint density at radius 2 is 2.28 bits per heavy atom. The first-order valence-corrected chi connectivity index (χ1v) is 5.77. The average Bonchev–Trinajstić information content (AvgIpc) is 2.38. The minimum atomic E-state index is -0.226. The van der Waals surface area contributed by atoms with Crippen LogP contribution in [0.4, 0.5) is 5.69 Å². The van der Waals surface area contributed by atoms with Crippen molar-refractivity contribution in [2.45, 2.75) is 13.8 Å². The van der Waals surface area contributed by atoms with Crippen LogP contribution in [0.3, 0.4) is 0 Å². The Kier molecular flexibility index (Phi) is 4.55. The molecule has 1 aromatic rings. The van der Waals surface area contributed by atoms with Crippen LogP contribution in [-0.4, -0.2) is 29.0 Å². The van der Waals surface area contributed by atoms with Gasteiger partial charge in [-0.3, -0.25) is 4.79 Å². The first-order valence-electron chi connectivity index (χ1n) is 5.77. The molecule has 1 aromatic carbocycles. The van der Waals surface area contributed by atoms with Crippen LogP contribution in [0.15, 0.2) is 18.2 Å². The fourth-order valence-electron chi connectivity index (χ4n) is 1.59. The van der Waals surface area contributed by atoms with Gasteiger partial charge in [-0.25, -0.2) is 0 Å². The molecule has 0 aromatic heterocycles. The van der Waals surface area contributed by atoms with Crippen LogP contribution in [0.25, 0.3) is 0 Å². The van der Waals surface area contributed by atoms with Gasteiger partial charge in [0, 0.05) is 18.7 Å². The summed E-state index contributed by atoms with van der Waals surface area (Å²) in [7, 11) is 0. The molecule has 0 heterocycles. The summed E-state index contributed by atoms with van der Waals surface area (Å²) in [6.45, 7) is 4.49. The fraction of sp³-hybridized carbons (Fsp3) is 0.385. The second kappa shape index (κ2) is 5.92. The molecule has 0 saturated heterocycles. The number of amides is 1. The number of nitrogens with zero attached hydrogens (tertiary/aromatic N) is 2. The van der Waals surface area contributed by atoms with Crippen LogP contribution in [0.1, 0.15) is 24.2 Å². The lowest BCUT2D eigenvalue weighted by Gasteiger charge is -2.22. The minimum absolute atomic E-state index is 0.106.